The third kappa shape index (κ3) is 4.59. The fourth-order valence-electron chi connectivity index (χ4n) is 3.12. The number of methoxy groups -OCH3 is 1. The van der Waals surface area contributed by atoms with E-state index in [9.17, 15) is 9.59 Å². The van der Waals surface area contributed by atoms with Crippen LogP contribution in [0.15, 0.2) is 76.8 Å². The summed E-state index contributed by atoms with van der Waals surface area (Å²) in [4.78, 5) is 34.5. The quantitative estimate of drug-likeness (QED) is 0.368. The molecule has 0 saturated heterocycles. The van der Waals surface area contributed by atoms with Crippen LogP contribution < -0.4 is 15.6 Å². The molecule has 2 aromatic heterocycles. The Morgan fingerprint density at radius 1 is 1.13 bits per heavy atom. The summed E-state index contributed by atoms with van der Waals surface area (Å²) in [6.45, 7) is 1.96. The van der Waals surface area contributed by atoms with E-state index in [2.05, 4.69) is 15.3 Å². The minimum atomic E-state index is -0.257. The van der Waals surface area contributed by atoms with Crippen molar-refractivity contribution < 1.29 is 9.53 Å². The zero-order chi connectivity index (χ0) is 21.8. The van der Waals surface area contributed by atoms with Crippen molar-refractivity contribution in [2.75, 3.05) is 18.2 Å². The zero-order valence-electron chi connectivity index (χ0n) is 17.0. The van der Waals surface area contributed by atoms with Crippen LogP contribution in [0.3, 0.4) is 0 Å². The average Bonchev–Trinajstić information content (AvgIpc) is 2.78. The summed E-state index contributed by atoms with van der Waals surface area (Å²) in [6, 6.07) is 18.1. The molecule has 4 aromatic rings. The highest BCUT2D eigenvalue weighted by molar-refractivity contribution is 7.99. The van der Waals surface area contributed by atoms with Crippen LogP contribution in [0.5, 0.6) is 5.75 Å². The number of hydrogen-bond donors (Lipinski definition) is 1. The molecule has 31 heavy (non-hydrogen) atoms. The van der Waals surface area contributed by atoms with Crippen LogP contribution in [0.4, 0.5) is 5.69 Å². The van der Waals surface area contributed by atoms with Crippen molar-refractivity contribution in [1.82, 2.24) is 14.5 Å². The van der Waals surface area contributed by atoms with E-state index in [1.165, 1.54) is 16.3 Å². The molecule has 0 unspecified atom stereocenters. The Labute approximate surface area is 183 Å². The van der Waals surface area contributed by atoms with E-state index in [4.69, 9.17) is 4.74 Å². The number of amides is 1. The van der Waals surface area contributed by atoms with Gasteiger partial charge in [-0.15, -0.1) is 0 Å². The standard InChI is InChI=1S/C23H20N4O3S/c1-15-6-3-7-16(12-15)25-20(28)14-31-23-26-21-19(10-5-11-24-21)22(29)27(23)17-8-4-9-18(13-17)30-2/h3-13H,14H2,1-2H3,(H,25,28). The fourth-order valence-corrected chi connectivity index (χ4v) is 3.93. The van der Waals surface area contributed by atoms with Crippen LogP contribution in [0.1, 0.15) is 5.56 Å². The molecular weight excluding hydrogens is 412 g/mol. The summed E-state index contributed by atoms with van der Waals surface area (Å²) in [5.74, 6) is 0.509. The number of nitrogens with one attached hydrogen (secondary N) is 1. The van der Waals surface area contributed by atoms with E-state index in [-0.39, 0.29) is 17.2 Å². The summed E-state index contributed by atoms with van der Waals surface area (Å²) < 4.78 is 6.78. The SMILES string of the molecule is COc1cccc(-n2c(SCC(=O)Nc3cccc(C)c3)nc3ncccc3c2=O)c1. The molecule has 0 aliphatic carbocycles. The highest BCUT2D eigenvalue weighted by Crippen LogP contribution is 2.23. The number of carbonyl (C=O) groups is 1. The predicted molar refractivity (Wildman–Crippen MR) is 122 cm³/mol. The molecule has 0 radical (unpaired) electrons. The van der Waals surface area contributed by atoms with Crippen LogP contribution >= 0.6 is 11.8 Å². The van der Waals surface area contributed by atoms with Crippen LogP contribution in [0, 0.1) is 6.92 Å². The van der Waals surface area contributed by atoms with Crippen molar-refractivity contribution in [2.45, 2.75) is 12.1 Å². The molecule has 0 bridgehead atoms. The number of nitrogens with zero attached hydrogens (tertiary/aromatic N) is 3. The third-order valence-corrected chi connectivity index (χ3v) is 5.50. The fraction of sp³-hybridized carbons (Fsp3) is 0.130. The molecule has 2 heterocycles. The van der Waals surface area contributed by atoms with E-state index < -0.39 is 0 Å². The Bertz CT molecular complexity index is 1320. The van der Waals surface area contributed by atoms with Crippen molar-refractivity contribution in [2.24, 2.45) is 0 Å². The van der Waals surface area contributed by atoms with Gasteiger partial charge in [0, 0.05) is 18.0 Å². The van der Waals surface area contributed by atoms with E-state index in [0.29, 0.717) is 27.6 Å². The van der Waals surface area contributed by atoms with Crippen LogP contribution in [0.25, 0.3) is 16.7 Å². The lowest BCUT2D eigenvalue weighted by Gasteiger charge is -2.13. The maximum atomic E-state index is 13.3. The second-order valence-electron chi connectivity index (χ2n) is 6.82. The topological polar surface area (TPSA) is 86.1 Å². The molecule has 0 aliphatic heterocycles. The number of rotatable bonds is 6. The molecule has 8 heteroatoms. The molecule has 2 aromatic carbocycles. The van der Waals surface area contributed by atoms with Gasteiger partial charge in [-0.2, -0.15) is 0 Å². The first-order valence-electron chi connectivity index (χ1n) is 9.56. The summed E-state index contributed by atoms with van der Waals surface area (Å²) in [5, 5.41) is 3.65. The van der Waals surface area contributed by atoms with E-state index >= 15 is 0 Å². The molecule has 0 spiro atoms. The lowest BCUT2D eigenvalue weighted by Crippen LogP contribution is -2.23. The first-order chi connectivity index (χ1) is 15.0. The van der Waals surface area contributed by atoms with Crippen LogP contribution in [-0.2, 0) is 4.79 Å². The van der Waals surface area contributed by atoms with Gasteiger partial charge in [-0.3, -0.25) is 14.2 Å². The number of benzene rings is 2. The largest absolute Gasteiger partial charge is 0.497 e. The molecule has 7 nitrogen and oxygen atoms in total. The van der Waals surface area contributed by atoms with Crippen molar-refractivity contribution in [1.29, 1.82) is 0 Å². The molecule has 0 atom stereocenters. The van der Waals surface area contributed by atoms with Crippen molar-refractivity contribution in [3.05, 3.63) is 82.8 Å². The normalized spacial score (nSPS) is 10.8. The molecule has 0 fully saturated rings. The lowest BCUT2D eigenvalue weighted by atomic mass is 10.2. The van der Waals surface area contributed by atoms with Gasteiger partial charge in [-0.1, -0.05) is 30.0 Å². The number of aromatic nitrogens is 3. The Morgan fingerprint density at radius 3 is 2.77 bits per heavy atom. The summed E-state index contributed by atoms with van der Waals surface area (Å²) in [7, 11) is 1.57. The number of pyridine rings is 1. The van der Waals surface area contributed by atoms with Crippen LogP contribution in [0.2, 0.25) is 0 Å². The number of aryl methyl sites for hydroxylation is 1. The smallest absolute Gasteiger partial charge is 0.268 e. The number of hydrogen-bond acceptors (Lipinski definition) is 6. The molecule has 4 rings (SSSR count). The number of ether oxygens (including phenoxy) is 1. The van der Waals surface area contributed by atoms with Gasteiger partial charge in [0.05, 0.1) is 23.9 Å². The summed E-state index contributed by atoms with van der Waals surface area (Å²) in [5.41, 5.74) is 2.47. The number of anilines is 1. The highest BCUT2D eigenvalue weighted by Gasteiger charge is 2.16. The Balaban J connectivity index is 1.69. The van der Waals surface area contributed by atoms with E-state index in [0.717, 1.165) is 11.3 Å². The zero-order valence-corrected chi connectivity index (χ0v) is 17.8. The highest BCUT2D eigenvalue weighted by atomic mass is 32.2. The predicted octanol–water partition coefficient (Wildman–Crippen LogP) is 3.83. The van der Waals surface area contributed by atoms with Gasteiger partial charge in [0.25, 0.3) is 5.56 Å². The lowest BCUT2D eigenvalue weighted by molar-refractivity contribution is -0.113. The van der Waals surface area contributed by atoms with Gasteiger partial charge in [-0.05, 0) is 48.9 Å². The second-order valence-corrected chi connectivity index (χ2v) is 7.76. The Morgan fingerprint density at radius 2 is 1.97 bits per heavy atom. The molecule has 0 saturated carbocycles. The third-order valence-electron chi connectivity index (χ3n) is 4.56. The van der Waals surface area contributed by atoms with Gasteiger partial charge in [-0.25, -0.2) is 9.97 Å². The van der Waals surface area contributed by atoms with Gasteiger partial charge in [0.2, 0.25) is 5.91 Å². The van der Waals surface area contributed by atoms with Crippen LogP contribution in [-0.4, -0.2) is 33.3 Å². The molecule has 0 aliphatic rings. The monoisotopic (exact) mass is 432 g/mol. The minimum absolute atomic E-state index is 0.0860. The van der Waals surface area contributed by atoms with Crippen molar-refractivity contribution >= 4 is 34.4 Å². The first-order valence-corrected chi connectivity index (χ1v) is 10.6. The first kappa shape index (κ1) is 20.6. The average molecular weight is 433 g/mol. The summed E-state index contributed by atoms with van der Waals surface area (Å²) in [6.07, 6.45) is 1.59. The minimum Gasteiger partial charge on any atom is -0.497 e. The van der Waals surface area contributed by atoms with E-state index in [1.807, 2.05) is 31.2 Å². The maximum Gasteiger partial charge on any atom is 0.268 e. The maximum absolute atomic E-state index is 13.3. The molecular formula is C23H20N4O3S. The number of thioether (sulfide) groups is 1. The molecule has 1 N–H and O–H groups in total. The Kier molecular flexibility index (Phi) is 5.99. The number of carbonyl (C=O) groups excluding carboxylic acids is 1. The Hall–Kier alpha value is -3.65. The van der Waals surface area contributed by atoms with Crippen molar-refractivity contribution in [3.8, 4) is 11.4 Å². The van der Waals surface area contributed by atoms with Gasteiger partial charge in [0.15, 0.2) is 10.8 Å². The molecule has 1 amide bonds. The van der Waals surface area contributed by atoms with Gasteiger partial charge in [0.1, 0.15) is 5.75 Å². The van der Waals surface area contributed by atoms with Gasteiger partial charge < -0.3 is 10.1 Å². The molecule has 156 valence electrons. The van der Waals surface area contributed by atoms with Gasteiger partial charge >= 0.3 is 0 Å². The summed E-state index contributed by atoms with van der Waals surface area (Å²) >= 11 is 1.17. The van der Waals surface area contributed by atoms with Crippen molar-refractivity contribution in [3.63, 3.8) is 0 Å². The number of fused-ring (bicyclic) bond motifs is 1. The van der Waals surface area contributed by atoms with E-state index in [1.54, 1.807) is 49.7 Å². The second kappa shape index (κ2) is 9.01.